The highest BCUT2D eigenvalue weighted by Gasteiger charge is 2.45. The van der Waals surface area contributed by atoms with Crippen LogP contribution in [0.5, 0.6) is 0 Å². The number of alkyl carbamates (subject to hydrolysis) is 1. The van der Waals surface area contributed by atoms with Gasteiger partial charge in [-0.2, -0.15) is 0 Å². The molecule has 2 atom stereocenters. The minimum Gasteiger partial charge on any atom is -0.481 e. The smallest absolute Gasteiger partial charge is 0.407 e. The minimum absolute atomic E-state index is 0.00539. The first kappa shape index (κ1) is 24.6. The van der Waals surface area contributed by atoms with Crippen molar-refractivity contribution in [1.29, 1.82) is 0 Å². The Hall–Kier alpha value is -4.13. The van der Waals surface area contributed by atoms with Gasteiger partial charge in [-0.15, -0.1) is 0 Å². The first-order valence-corrected chi connectivity index (χ1v) is 12.6. The van der Waals surface area contributed by atoms with Crippen LogP contribution in [0.1, 0.15) is 35.4 Å². The summed E-state index contributed by atoms with van der Waals surface area (Å²) in [5.41, 5.74) is 5.62. The monoisotopic (exact) mass is 498 g/mol. The van der Waals surface area contributed by atoms with Crippen molar-refractivity contribution < 1.29 is 24.2 Å². The molecule has 37 heavy (non-hydrogen) atoms. The third-order valence-electron chi connectivity index (χ3n) is 7.22. The van der Waals surface area contributed by atoms with Gasteiger partial charge in [0.1, 0.15) is 6.61 Å². The molecule has 0 bridgehead atoms. The summed E-state index contributed by atoms with van der Waals surface area (Å²) in [5.74, 6) is -1.20. The number of amides is 2. The lowest BCUT2D eigenvalue weighted by Gasteiger charge is -2.22. The largest absolute Gasteiger partial charge is 0.481 e. The maximum atomic E-state index is 13.1. The molecule has 2 unspecified atom stereocenters. The summed E-state index contributed by atoms with van der Waals surface area (Å²) in [7, 11) is 0. The van der Waals surface area contributed by atoms with E-state index in [1.807, 2.05) is 54.6 Å². The standard InChI is InChI=1S/C30H30N2O5/c33-28(34)14-15-32(18-20-8-2-1-3-9-20)29(35)26-16-21(26)17-31-30(36)37-19-27-24-12-6-4-10-22(24)23-11-5-7-13-25(23)27/h1-13,21,26-27H,14-19H2,(H,31,36)(H,33,34). The maximum Gasteiger partial charge on any atom is 0.407 e. The molecule has 3 aromatic carbocycles. The van der Waals surface area contributed by atoms with Crippen LogP contribution in [-0.4, -0.2) is 47.7 Å². The minimum atomic E-state index is -0.935. The van der Waals surface area contributed by atoms with Crippen molar-refractivity contribution in [2.45, 2.75) is 25.3 Å². The van der Waals surface area contributed by atoms with Gasteiger partial charge in [-0.3, -0.25) is 9.59 Å². The lowest BCUT2D eigenvalue weighted by atomic mass is 9.98. The number of carbonyl (C=O) groups excluding carboxylic acids is 2. The van der Waals surface area contributed by atoms with E-state index in [-0.39, 0.29) is 43.2 Å². The molecule has 2 N–H and O–H groups in total. The first-order valence-electron chi connectivity index (χ1n) is 12.6. The normalized spacial score (nSPS) is 17.4. The molecule has 2 amide bonds. The number of ether oxygens (including phenoxy) is 1. The average Bonchev–Trinajstić information content (AvgIpc) is 3.63. The lowest BCUT2D eigenvalue weighted by molar-refractivity contribution is -0.139. The van der Waals surface area contributed by atoms with Gasteiger partial charge in [0, 0.05) is 31.5 Å². The number of carboxylic acid groups (broad SMARTS) is 1. The van der Waals surface area contributed by atoms with Crippen LogP contribution in [0.3, 0.4) is 0 Å². The molecular weight excluding hydrogens is 468 g/mol. The quantitative estimate of drug-likeness (QED) is 0.424. The summed E-state index contributed by atoms with van der Waals surface area (Å²) in [6.45, 7) is 1.13. The second-order valence-corrected chi connectivity index (χ2v) is 9.70. The Morgan fingerprint density at radius 1 is 0.892 bits per heavy atom. The SMILES string of the molecule is O=C(O)CCN(Cc1ccccc1)C(=O)C1CC1CNC(=O)OCC1c2ccccc2-c2ccccc21. The van der Waals surface area contributed by atoms with Crippen molar-refractivity contribution in [3.8, 4) is 11.1 Å². The van der Waals surface area contributed by atoms with Crippen LogP contribution in [0.15, 0.2) is 78.9 Å². The summed E-state index contributed by atoms with van der Waals surface area (Å²) in [5, 5.41) is 11.9. The van der Waals surface area contributed by atoms with Crippen molar-refractivity contribution >= 4 is 18.0 Å². The van der Waals surface area contributed by atoms with Gasteiger partial charge in [-0.25, -0.2) is 4.79 Å². The van der Waals surface area contributed by atoms with Crippen LogP contribution < -0.4 is 5.32 Å². The second kappa shape index (κ2) is 10.9. The van der Waals surface area contributed by atoms with Crippen LogP contribution in [0.4, 0.5) is 4.79 Å². The molecule has 2 aliphatic carbocycles. The summed E-state index contributed by atoms with van der Waals surface area (Å²) < 4.78 is 5.59. The van der Waals surface area contributed by atoms with Gasteiger partial charge in [0.2, 0.25) is 5.91 Å². The van der Waals surface area contributed by atoms with Crippen LogP contribution in [0.25, 0.3) is 11.1 Å². The summed E-state index contributed by atoms with van der Waals surface area (Å²) >= 11 is 0. The Bertz CT molecular complexity index is 1250. The molecule has 190 valence electrons. The predicted octanol–water partition coefficient (Wildman–Crippen LogP) is 4.66. The van der Waals surface area contributed by atoms with Gasteiger partial charge in [-0.05, 0) is 40.2 Å². The van der Waals surface area contributed by atoms with Gasteiger partial charge >= 0.3 is 12.1 Å². The molecular formula is C30H30N2O5. The van der Waals surface area contributed by atoms with E-state index >= 15 is 0 Å². The van der Waals surface area contributed by atoms with Crippen molar-refractivity contribution in [2.75, 3.05) is 19.7 Å². The fourth-order valence-corrected chi connectivity index (χ4v) is 5.18. The van der Waals surface area contributed by atoms with Crippen molar-refractivity contribution in [3.63, 3.8) is 0 Å². The van der Waals surface area contributed by atoms with Crippen molar-refractivity contribution in [1.82, 2.24) is 10.2 Å². The number of rotatable bonds is 10. The van der Waals surface area contributed by atoms with Gasteiger partial charge in [0.05, 0.1) is 6.42 Å². The number of fused-ring (bicyclic) bond motifs is 3. The van der Waals surface area contributed by atoms with Gasteiger partial charge in [0.25, 0.3) is 0 Å². The van der Waals surface area contributed by atoms with E-state index in [2.05, 4.69) is 29.6 Å². The van der Waals surface area contributed by atoms with Crippen molar-refractivity contribution in [2.24, 2.45) is 11.8 Å². The first-order chi connectivity index (χ1) is 18.0. The molecule has 1 saturated carbocycles. The number of nitrogens with zero attached hydrogens (tertiary/aromatic N) is 1. The van der Waals surface area contributed by atoms with E-state index < -0.39 is 12.1 Å². The van der Waals surface area contributed by atoms with E-state index in [1.54, 1.807) is 4.90 Å². The Labute approximate surface area is 216 Å². The van der Waals surface area contributed by atoms with Gasteiger partial charge in [0.15, 0.2) is 0 Å². The van der Waals surface area contributed by atoms with Crippen LogP contribution in [-0.2, 0) is 20.9 Å². The third-order valence-corrected chi connectivity index (χ3v) is 7.22. The molecule has 0 spiro atoms. The fraction of sp³-hybridized carbons (Fsp3) is 0.300. The molecule has 0 aliphatic heterocycles. The summed E-state index contributed by atoms with van der Waals surface area (Å²) in [6.07, 6.45) is 0.0708. The molecule has 0 aromatic heterocycles. The van der Waals surface area contributed by atoms with E-state index in [0.29, 0.717) is 19.5 Å². The van der Waals surface area contributed by atoms with E-state index in [1.165, 1.54) is 11.1 Å². The zero-order chi connectivity index (χ0) is 25.8. The Morgan fingerprint density at radius 3 is 2.16 bits per heavy atom. The predicted molar refractivity (Wildman–Crippen MR) is 139 cm³/mol. The molecule has 1 fully saturated rings. The topological polar surface area (TPSA) is 95.9 Å². The van der Waals surface area contributed by atoms with Gasteiger partial charge < -0.3 is 20.1 Å². The Morgan fingerprint density at radius 2 is 1.51 bits per heavy atom. The average molecular weight is 499 g/mol. The lowest BCUT2D eigenvalue weighted by Crippen LogP contribution is -2.35. The van der Waals surface area contributed by atoms with Crippen molar-refractivity contribution in [3.05, 3.63) is 95.6 Å². The zero-order valence-electron chi connectivity index (χ0n) is 20.5. The molecule has 0 radical (unpaired) electrons. The number of carboxylic acids is 1. The molecule has 0 heterocycles. The Kier molecular flexibility index (Phi) is 7.21. The maximum absolute atomic E-state index is 13.1. The number of nitrogens with one attached hydrogen (secondary N) is 1. The fourth-order valence-electron chi connectivity index (χ4n) is 5.18. The zero-order valence-corrected chi connectivity index (χ0v) is 20.5. The van der Waals surface area contributed by atoms with Crippen LogP contribution >= 0.6 is 0 Å². The summed E-state index contributed by atoms with van der Waals surface area (Å²) in [6, 6.07) is 25.9. The van der Waals surface area contributed by atoms with E-state index in [9.17, 15) is 14.4 Å². The van der Waals surface area contributed by atoms with Crippen LogP contribution in [0, 0.1) is 11.8 Å². The molecule has 0 saturated heterocycles. The number of benzene rings is 3. The number of hydrogen-bond donors (Lipinski definition) is 2. The van der Waals surface area contributed by atoms with E-state index in [4.69, 9.17) is 9.84 Å². The van der Waals surface area contributed by atoms with Gasteiger partial charge in [-0.1, -0.05) is 78.9 Å². The highest BCUT2D eigenvalue weighted by molar-refractivity contribution is 5.82. The molecule has 3 aromatic rings. The molecule has 7 nitrogen and oxygen atoms in total. The highest BCUT2D eigenvalue weighted by Crippen LogP contribution is 2.44. The third kappa shape index (κ3) is 5.66. The number of carbonyl (C=O) groups is 3. The van der Waals surface area contributed by atoms with E-state index in [0.717, 1.165) is 16.7 Å². The number of aliphatic carboxylic acids is 1. The second-order valence-electron chi connectivity index (χ2n) is 9.70. The Balaban J connectivity index is 1.12. The van der Waals surface area contributed by atoms with Crippen LogP contribution in [0.2, 0.25) is 0 Å². The summed E-state index contributed by atoms with van der Waals surface area (Å²) in [4.78, 5) is 38.3. The molecule has 7 heteroatoms. The molecule has 2 aliphatic rings. The molecule has 5 rings (SSSR count). The highest BCUT2D eigenvalue weighted by atomic mass is 16.5. The number of hydrogen-bond acceptors (Lipinski definition) is 4.